The zero-order valence-corrected chi connectivity index (χ0v) is 14.7. The first kappa shape index (κ1) is 18.2. The first-order valence-corrected chi connectivity index (χ1v) is 8.26. The van der Waals surface area contributed by atoms with E-state index < -0.39 is 0 Å². The third-order valence-corrected chi connectivity index (χ3v) is 3.75. The molecule has 1 N–H and O–H groups in total. The number of ether oxygens (including phenoxy) is 1. The van der Waals surface area contributed by atoms with Gasteiger partial charge in [-0.1, -0.05) is 45.0 Å². The van der Waals surface area contributed by atoms with Crippen LogP contribution in [-0.2, 0) is 10.2 Å². The predicted molar refractivity (Wildman–Crippen MR) is 91.9 cm³/mol. The van der Waals surface area contributed by atoms with Gasteiger partial charge in [-0.25, -0.2) is 0 Å². The summed E-state index contributed by atoms with van der Waals surface area (Å²) in [7, 11) is 0. The number of hydrogen-bond acceptors (Lipinski definition) is 2. The SMILES string of the molecule is CC(C)OCCCCNC(C)c1ccc(C(C)(C)C)cc1. The van der Waals surface area contributed by atoms with Gasteiger partial charge in [0.05, 0.1) is 6.10 Å². The molecule has 0 spiro atoms. The van der Waals surface area contributed by atoms with Gasteiger partial charge < -0.3 is 10.1 Å². The Morgan fingerprint density at radius 1 is 1.00 bits per heavy atom. The van der Waals surface area contributed by atoms with Crippen LogP contribution in [0, 0.1) is 0 Å². The first-order chi connectivity index (χ1) is 9.80. The van der Waals surface area contributed by atoms with Gasteiger partial charge in [0, 0.05) is 12.6 Å². The maximum absolute atomic E-state index is 5.55. The molecule has 0 heterocycles. The van der Waals surface area contributed by atoms with E-state index in [0.29, 0.717) is 12.1 Å². The minimum atomic E-state index is 0.228. The Bertz CT molecular complexity index is 389. The standard InChI is InChI=1S/C19H33NO/c1-15(2)21-14-8-7-13-20-16(3)17-9-11-18(12-10-17)19(4,5)6/h9-12,15-16,20H,7-8,13-14H2,1-6H3. The highest BCUT2D eigenvalue weighted by Gasteiger charge is 2.13. The molecule has 1 rings (SSSR count). The molecule has 0 aliphatic heterocycles. The smallest absolute Gasteiger partial charge is 0.0518 e. The van der Waals surface area contributed by atoms with Crippen molar-refractivity contribution in [1.82, 2.24) is 5.32 Å². The minimum Gasteiger partial charge on any atom is -0.379 e. The van der Waals surface area contributed by atoms with Crippen LogP contribution in [0.2, 0.25) is 0 Å². The highest BCUT2D eigenvalue weighted by atomic mass is 16.5. The van der Waals surface area contributed by atoms with Gasteiger partial charge in [0.15, 0.2) is 0 Å². The van der Waals surface area contributed by atoms with Crippen molar-refractivity contribution in [2.75, 3.05) is 13.2 Å². The molecule has 0 aromatic heterocycles. The Morgan fingerprint density at radius 3 is 2.14 bits per heavy atom. The third-order valence-electron chi connectivity index (χ3n) is 3.75. The van der Waals surface area contributed by atoms with E-state index in [1.807, 2.05) is 0 Å². The highest BCUT2D eigenvalue weighted by molar-refractivity contribution is 5.28. The van der Waals surface area contributed by atoms with Crippen molar-refractivity contribution in [2.45, 2.75) is 71.9 Å². The lowest BCUT2D eigenvalue weighted by molar-refractivity contribution is 0.0759. The lowest BCUT2D eigenvalue weighted by Gasteiger charge is -2.20. The molecular formula is C19H33NO. The van der Waals surface area contributed by atoms with Gasteiger partial charge in [-0.2, -0.15) is 0 Å². The summed E-state index contributed by atoms with van der Waals surface area (Å²) >= 11 is 0. The fourth-order valence-corrected chi connectivity index (χ4v) is 2.25. The molecule has 0 amide bonds. The van der Waals surface area contributed by atoms with Crippen LogP contribution in [0.25, 0.3) is 0 Å². The van der Waals surface area contributed by atoms with Crippen LogP contribution in [-0.4, -0.2) is 19.3 Å². The molecule has 0 saturated heterocycles. The minimum absolute atomic E-state index is 0.228. The van der Waals surface area contributed by atoms with E-state index in [-0.39, 0.29) is 5.41 Å². The predicted octanol–water partition coefficient (Wildman–Crippen LogP) is 4.84. The van der Waals surface area contributed by atoms with Gasteiger partial charge in [0.25, 0.3) is 0 Å². The average Bonchev–Trinajstić information content (AvgIpc) is 2.41. The Hall–Kier alpha value is -0.860. The van der Waals surface area contributed by atoms with E-state index in [0.717, 1.165) is 26.0 Å². The maximum Gasteiger partial charge on any atom is 0.0518 e. The molecular weight excluding hydrogens is 258 g/mol. The molecule has 21 heavy (non-hydrogen) atoms. The summed E-state index contributed by atoms with van der Waals surface area (Å²) in [6.07, 6.45) is 2.64. The summed E-state index contributed by atoms with van der Waals surface area (Å²) in [5.41, 5.74) is 2.98. The zero-order valence-electron chi connectivity index (χ0n) is 14.7. The Balaban J connectivity index is 2.30. The van der Waals surface area contributed by atoms with Crippen LogP contribution in [0.4, 0.5) is 0 Å². The second-order valence-corrected chi connectivity index (χ2v) is 7.17. The van der Waals surface area contributed by atoms with Gasteiger partial charge >= 0.3 is 0 Å². The Labute approximate surface area is 131 Å². The largest absolute Gasteiger partial charge is 0.379 e. The average molecular weight is 291 g/mol. The van der Waals surface area contributed by atoms with Crippen LogP contribution in [0.15, 0.2) is 24.3 Å². The molecule has 1 aromatic rings. The van der Waals surface area contributed by atoms with Crippen molar-refractivity contribution < 1.29 is 4.74 Å². The molecule has 1 unspecified atom stereocenters. The number of hydrogen-bond donors (Lipinski definition) is 1. The summed E-state index contributed by atoms with van der Waals surface area (Å²) < 4.78 is 5.55. The fraction of sp³-hybridized carbons (Fsp3) is 0.684. The molecule has 0 radical (unpaired) electrons. The first-order valence-electron chi connectivity index (χ1n) is 8.26. The summed E-state index contributed by atoms with van der Waals surface area (Å²) in [4.78, 5) is 0. The summed E-state index contributed by atoms with van der Waals surface area (Å²) in [5.74, 6) is 0. The molecule has 0 saturated carbocycles. The Morgan fingerprint density at radius 2 is 1.62 bits per heavy atom. The van der Waals surface area contributed by atoms with Gasteiger partial charge in [-0.05, 0) is 56.7 Å². The van der Waals surface area contributed by atoms with Crippen LogP contribution >= 0.6 is 0 Å². The molecule has 0 aliphatic carbocycles. The monoisotopic (exact) mass is 291 g/mol. The molecule has 120 valence electrons. The van der Waals surface area contributed by atoms with E-state index in [1.165, 1.54) is 11.1 Å². The van der Waals surface area contributed by atoms with E-state index in [2.05, 4.69) is 71.1 Å². The van der Waals surface area contributed by atoms with Gasteiger partial charge in [-0.15, -0.1) is 0 Å². The molecule has 0 fully saturated rings. The second-order valence-electron chi connectivity index (χ2n) is 7.17. The number of unbranched alkanes of at least 4 members (excludes halogenated alkanes) is 1. The number of rotatable bonds is 8. The Kier molecular flexibility index (Phi) is 7.41. The topological polar surface area (TPSA) is 21.3 Å². The quantitative estimate of drug-likeness (QED) is 0.692. The fourth-order valence-electron chi connectivity index (χ4n) is 2.25. The van der Waals surface area contributed by atoms with Crippen molar-refractivity contribution in [3.8, 4) is 0 Å². The van der Waals surface area contributed by atoms with Crippen molar-refractivity contribution >= 4 is 0 Å². The molecule has 0 bridgehead atoms. The summed E-state index contributed by atoms with van der Waals surface area (Å²) in [6, 6.07) is 9.42. The van der Waals surface area contributed by atoms with Gasteiger partial charge in [0.2, 0.25) is 0 Å². The normalized spacial score (nSPS) is 13.7. The van der Waals surface area contributed by atoms with E-state index >= 15 is 0 Å². The molecule has 0 aliphatic rings. The molecule has 2 heteroatoms. The highest BCUT2D eigenvalue weighted by Crippen LogP contribution is 2.23. The van der Waals surface area contributed by atoms with Crippen molar-refractivity contribution in [3.05, 3.63) is 35.4 Å². The molecule has 1 aromatic carbocycles. The maximum atomic E-state index is 5.55. The summed E-state index contributed by atoms with van der Waals surface area (Å²) in [6.45, 7) is 15.1. The van der Waals surface area contributed by atoms with Crippen LogP contribution < -0.4 is 5.32 Å². The molecule has 1 atom stereocenters. The van der Waals surface area contributed by atoms with Crippen molar-refractivity contribution in [1.29, 1.82) is 0 Å². The van der Waals surface area contributed by atoms with Gasteiger partial charge in [-0.3, -0.25) is 0 Å². The van der Waals surface area contributed by atoms with E-state index in [4.69, 9.17) is 4.74 Å². The molecule has 2 nitrogen and oxygen atoms in total. The number of benzene rings is 1. The van der Waals surface area contributed by atoms with Gasteiger partial charge in [0.1, 0.15) is 0 Å². The zero-order chi connectivity index (χ0) is 15.9. The number of nitrogens with one attached hydrogen (secondary N) is 1. The summed E-state index contributed by atoms with van der Waals surface area (Å²) in [5, 5.41) is 3.59. The van der Waals surface area contributed by atoms with Crippen molar-refractivity contribution in [3.63, 3.8) is 0 Å². The second kappa shape index (κ2) is 8.55. The van der Waals surface area contributed by atoms with E-state index in [9.17, 15) is 0 Å². The lowest BCUT2D eigenvalue weighted by atomic mass is 9.86. The lowest BCUT2D eigenvalue weighted by Crippen LogP contribution is -2.20. The van der Waals surface area contributed by atoms with Crippen LogP contribution in [0.3, 0.4) is 0 Å². The van der Waals surface area contributed by atoms with Crippen LogP contribution in [0.5, 0.6) is 0 Å². The van der Waals surface area contributed by atoms with E-state index in [1.54, 1.807) is 0 Å². The van der Waals surface area contributed by atoms with Crippen molar-refractivity contribution in [2.24, 2.45) is 0 Å². The van der Waals surface area contributed by atoms with Crippen LogP contribution in [0.1, 0.15) is 71.6 Å². The third kappa shape index (κ3) is 7.10.